The number of carbonyl (C=O) groups excluding carboxylic acids is 1. The molecule has 19 heavy (non-hydrogen) atoms. The Morgan fingerprint density at radius 3 is 2.74 bits per heavy atom. The first-order chi connectivity index (χ1) is 8.81. The molecule has 0 saturated carbocycles. The second kappa shape index (κ2) is 6.61. The molecule has 0 aromatic heterocycles. The quantitative estimate of drug-likeness (QED) is 0.836. The second-order valence-corrected chi connectivity index (χ2v) is 5.78. The van der Waals surface area contributed by atoms with Crippen molar-refractivity contribution in [3.63, 3.8) is 0 Å². The SMILES string of the molecule is C=CCOc1ccc(Br)cc1NC(=O)OC(C)(C)C. The van der Waals surface area contributed by atoms with Crippen LogP contribution in [0.3, 0.4) is 0 Å². The number of carbonyl (C=O) groups is 1. The van der Waals surface area contributed by atoms with Gasteiger partial charge in [0.05, 0.1) is 5.69 Å². The van der Waals surface area contributed by atoms with Crippen molar-refractivity contribution in [1.29, 1.82) is 0 Å². The van der Waals surface area contributed by atoms with Crippen molar-refractivity contribution in [3.05, 3.63) is 35.3 Å². The van der Waals surface area contributed by atoms with E-state index in [9.17, 15) is 4.79 Å². The molecule has 0 radical (unpaired) electrons. The molecule has 0 bridgehead atoms. The fraction of sp³-hybridized carbons (Fsp3) is 0.357. The number of hydrogen-bond acceptors (Lipinski definition) is 3. The third-order valence-electron chi connectivity index (χ3n) is 1.93. The van der Waals surface area contributed by atoms with Crippen LogP contribution >= 0.6 is 15.9 Å². The summed E-state index contributed by atoms with van der Waals surface area (Å²) in [4.78, 5) is 11.7. The Bertz CT molecular complexity index is 466. The maximum atomic E-state index is 11.7. The summed E-state index contributed by atoms with van der Waals surface area (Å²) in [6.45, 7) is 9.38. The van der Waals surface area contributed by atoms with Crippen molar-refractivity contribution in [1.82, 2.24) is 0 Å². The summed E-state index contributed by atoms with van der Waals surface area (Å²) in [5, 5.41) is 2.67. The molecule has 1 N–H and O–H groups in total. The average molecular weight is 328 g/mol. The lowest BCUT2D eigenvalue weighted by Crippen LogP contribution is -2.27. The summed E-state index contributed by atoms with van der Waals surface area (Å²) < 4.78 is 11.5. The number of rotatable bonds is 4. The summed E-state index contributed by atoms with van der Waals surface area (Å²) in [5.74, 6) is 0.564. The van der Waals surface area contributed by atoms with Gasteiger partial charge in [-0.25, -0.2) is 4.79 Å². The monoisotopic (exact) mass is 327 g/mol. The average Bonchev–Trinajstić information content (AvgIpc) is 2.25. The highest BCUT2D eigenvalue weighted by atomic mass is 79.9. The number of amides is 1. The van der Waals surface area contributed by atoms with E-state index >= 15 is 0 Å². The first kappa shape index (κ1) is 15.6. The molecular weight excluding hydrogens is 310 g/mol. The van der Waals surface area contributed by atoms with E-state index in [0.717, 1.165) is 4.47 Å². The molecule has 0 aliphatic rings. The molecule has 0 fully saturated rings. The molecule has 0 atom stereocenters. The van der Waals surface area contributed by atoms with E-state index in [2.05, 4.69) is 27.8 Å². The van der Waals surface area contributed by atoms with Gasteiger partial charge in [-0.1, -0.05) is 28.6 Å². The second-order valence-electron chi connectivity index (χ2n) is 4.87. The zero-order chi connectivity index (χ0) is 14.5. The maximum Gasteiger partial charge on any atom is 0.412 e. The molecule has 1 amide bonds. The van der Waals surface area contributed by atoms with Crippen molar-refractivity contribution in [3.8, 4) is 5.75 Å². The molecular formula is C14H18BrNO3. The highest BCUT2D eigenvalue weighted by Gasteiger charge is 2.17. The van der Waals surface area contributed by atoms with Crippen LogP contribution < -0.4 is 10.1 Å². The first-order valence-electron chi connectivity index (χ1n) is 5.85. The highest BCUT2D eigenvalue weighted by molar-refractivity contribution is 9.10. The summed E-state index contributed by atoms with van der Waals surface area (Å²) >= 11 is 3.35. The summed E-state index contributed by atoms with van der Waals surface area (Å²) in [6.07, 6.45) is 1.12. The normalized spacial score (nSPS) is 10.7. The molecule has 1 aromatic carbocycles. The Hall–Kier alpha value is -1.49. The molecule has 104 valence electrons. The molecule has 4 nitrogen and oxygen atoms in total. The van der Waals surface area contributed by atoms with Crippen molar-refractivity contribution < 1.29 is 14.3 Å². The predicted molar refractivity (Wildman–Crippen MR) is 79.7 cm³/mol. The molecule has 0 unspecified atom stereocenters. The van der Waals surface area contributed by atoms with Crippen LogP contribution in [0.15, 0.2) is 35.3 Å². The molecule has 1 aromatic rings. The Balaban J connectivity index is 2.83. The standard InChI is InChI=1S/C14H18BrNO3/c1-5-8-18-12-7-6-10(15)9-11(12)16-13(17)19-14(2,3)4/h5-7,9H,1,8H2,2-4H3,(H,16,17). The lowest BCUT2D eigenvalue weighted by atomic mass is 10.2. The minimum atomic E-state index is -0.543. The number of ether oxygens (including phenoxy) is 2. The molecule has 0 saturated heterocycles. The van der Waals surface area contributed by atoms with Gasteiger partial charge >= 0.3 is 6.09 Å². The lowest BCUT2D eigenvalue weighted by Gasteiger charge is -2.20. The summed E-state index contributed by atoms with van der Waals surface area (Å²) in [7, 11) is 0. The van der Waals surface area contributed by atoms with Gasteiger partial charge in [-0.3, -0.25) is 5.32 Å². The van der Waals surface area contributed by atoms with E-state index in [4.69, 9.17) is 9.47 Å². The smallest absolute Gasteiger partial charge is 0.412 e. The summed E-state index contributed by atoms with van der Waals surface area (Å²) in [5.41, 5.74) is 0.00332. The van der Waals surface area contributed by atoms with E-state index in [0.29, 0.717) is 18.0 Å². The number of hydrogen-bond donors (Lipinski definition) is 1. The number of anilines is 1. The summed E-state index contributed by atoms with van der Waals surface area (Å²) in [6, 6.07) is 5.35. The number of benzene rings is 1. The van der Waals surface area contributed by atoms with Crippen LogP contribution in [0.2, 0.25) is 0 Å². The number of nitrogens with one attached hydrogen (secondary N) is 1. The van der Waals surface area contributed by atoms with Gasteiger partial charge in [0, 0.05) is 4.47 Å². The molecule has 0 spiro atoms. The van der Waals surface area contributed by atoms with Crippen molar-refractivity contribution >= 4 is 27.7 Å². The minimum absolute atomic E-state index is 0.366. The van der Waals surface area contributed by atoms with Gasteiger partial charge in [-0.2, -0.15) is 0 Å². The molecule has 5 heteroatoms. The molecule has 0 heterocycles. The number of halogens is 1. The largest absolute Gasteiger partial charge is 0.487 e. The molecule has 0 aliphatic heterocycles. The Labute approximate surface area is 121 Å². The van der Waals surface area contributed by atoms with Gasteiger partial charge in [-0.05, 0) is 39.0 Å². The van der Waals surface area contributed by atoms with Gasteiger partial charge < -0.3 is 9.47 Å². The third-order valence-corrected chi connectivity index (χ3v) is 2.43. The molecule has 0 aliphatic carbocycles. The fourth-order valence-corrected chi connectivity index (χ4v) is 1.65. The van der Waals surface area contributed by atoms with Crippen LogP contribution in [0.25, 0.3) is 0 Å². The van der Waals surface area contributed by atoms with E-state index < -0.39 is 11.7 Å². The van der Waals surface area contributed by atoms with Gasteiger partial charge in [0.15, 0.2) is 0 Å². The van der Waals surface area contributed by atoms with Crippen LogP contribution in [0.4, 0.5) is 10.5 Å². The predicted octanol–water partition coefficient (Wildman–Crippen LogP) is 4.36. The third kappa shape index (κ3) is 5.79. The van der Waals surface area contributed by atoms with E-state index in [1.807, 2.05) is 26.8 Å². The van der Waals surface area contributed by atoms with Crippen molar-refractivity contribution in [2.24, 2.45) is 0 Å². The minimum Gasteiger partial charge on any atom is -0.487 e. The van der Waals surface area contributed by atoms with Crippen LogP contribution in [0, 0.1) is 0 Å². The zero-order valence-electron chi connectivity index (χ0n) is 11.3. The van der Waals surface area contributed by atoms with Crippen LogP contribution in [-0.4, -0.2) is 18.3 Å². The van der Waals surface area contributed by atoms with Gasteiger partial charge in [0.1, 0.15) is 18.0 Å². The van der Waals surface area contributed by atoms with E-state index in [1.54, 1.807) is 18.2 Å². The van der Waals surface area contributed by atoms with Crippen LogP contribution in [-0.2, 0) is 4.74 Å². The lowest BCUT2D eigenvalue weighted by molar-refractivity contribution is 0.0635. The van der Waals surface area contributed by atoms with Gasteiger partial charge in [-0.15, -0.1) is 0 Å². The topological polar surface area (TPSA) is 47.6 Å². The van der Waals surface area contributed by atoms with Crippen molar-refractivity contribution in [2.75, 3.05) is 11.9 Å². The van der Waals surface area contributed by atoms with Crippen LogP contribution in [0.1, 0.15) is 20.8 Å². The zero-order valence-corrected chi connectivity index (χ0v) is 12.9. The highest BCUT2D eigenvalue weighted by Crippen LogP contribution is 2.28. The Morgan fingerprint density at radius 1 is 1.47 bits per heavy atom. The molecule has 1 rings (SSSR count). The van der Waals surface area contributed by atoms with Gasteiger partial charge in [0.2, 0.25) is 0 Å². The Morgan fingerprint density at radius 2 is 2.16 bits per heavy atom. The maximum absolute atomic E-state index is 11.7. The first-order valence-corrected chi connectivity index (χ1v) is 6.64. The van der Waals surface area contributed by atoms with E-state index in [1.165, 1.54) is 0 Å². The van der Waals surface area contributed by atoms with E-state index in [-0.39, 0.29) is 0 Å². The van der Waals surface area contributed by atoms with Gasteiger partial charge in [0.25, 0.3) is 0 Å². The van der Waals surface area contributed by atoms with Crippen LogP contribution in [0.5, 0.6) is 5.75 Å². The Kier molecular flexibility index (Phi) is 5.42. The fourth-order valence-electron chi connectivity index (χ4n) is 1.29. The van der Waals surface area contributed by atoms with Crippen molar-refractivity contribution in [2.45, 2.75) is 26.4 Å².